The van der Waals surface area contributed by atoms with Crippen molar-refractivity contribution < 1.29 is 9.47 Å². The summed E-state index contributed by atoms with van der Waals surface area (Å²) in [5.74, 6) is 1.51. The first kappa shape index (κ1) is 9.53. The summed E-state index contributed by atoms with van der Waals surface area (Å²) in [5, 5.41) is 0. The lowest BCUT2D eigenvalue weighted by Gasteiger charge is -2.12. The van der Waals surface area contributed by atoms with Crippen molar-refractivity contribution in [2.75, 3.05) is 6.61 Å². The summed E-state index contributed by atoms with van der Waals surface area (Å²) in [4.78, 5) is 0. The maximum absolute atomic E-state index is 5.68. The van der Waals surface area contributed by atoms with Crippen LogP contribution in [0.5, 0.6) is 5.75 Å². The van der Waals surface area contributed by atoms with E-state index in [1.54, 1.807) is 0 Å². The lowest BCUT2D eigenvalue weighted by atomic mass is 10.1. The van der Waals surface area contributed by atoms with E-state index in [1.807, 2.05) is 24.3 Å². The van der Waals surface area contributed by atoms with Gasteiger partial charge in [-0.25, -0.2) is 0 Å². The van der Waals surface area contributed by atoms with E-state index in [2.05, 4.69) is 13.8 Å². The van der Waals surface area contributed by atoms with Gasteiger partial charge < -0.3 is 9.47 Å². The molecular formula is C12H16O2. The molecule has 2 rings (SSSR count). The van der Waals surface area contributed by atoms with Gasteiger partial charge in [0.1, 0.15) is 5.75 Å². The highest BCUT2D eigenvalue weighted by molar-refractivity contribution is 5.26. The van der Waals surface area contributed by atoms with Gasteiger partial charge in [0.2, 0.25) is 0 Å². The molecule has 0 aliphatic carbocycles. The molecule has 0 saturated carbocycles. The van der Waals surface area contributed by atoms with Crippen LogP contribution in [0.1, 0.15) is 18.9 Å². The van der Waals surface area contributed by atoms with E-state index in [9.17, 15) is 0 Å². The molecule has 0 N–H and O–H groups in total. The van der Waals surface area contributed by atoms with Crippen LogP contribution in [0.4, 0.5) is 0 Å². The normalized spacial score (nSPS) is 26.4. The van der Waals surface area contributed by atoms with Crippen molar-refractivity contribution in [2.45, 2.75) is 26.6 Å². The average molecular weight is 192 g/mol. The quantitative estimate of drug-likeness (QED) is 0.717. The molecule has 0 amide bonds. The highest BCUT2D eigenvalue weighted by Gasteiger charge is 2.23. The summed E-state index contributed by atoms with van der Waals surface area (Å²) < 4.78 is 11.2. The smallest absolute Gasteiger partial charge is 0.200 e. The Bertz CT molecular complexity index is 292. The highest BCUT2D eigenvalue weighted by atomic mass is 16.7. The zero-order valence-corrected chi connectivity index (χ0v) is 8.69. The van der Waals surface area contributed by atoms with Gasteiger partial charge in [0.15, 0.2) is 6.29 Å². The van der Waals surface area contributed by atoms with E-state index in [0.717, 1.165) is 18.8 Å². The second-order valence-electron chi connectivity index (χ2n) is 4.03. The standard InChI is InChI=1S/C12H16O2/c1-9-3-5-11(6-4-9)14-12-7-10(2)8-13-12/h3-6,10,12H,7-8H2,1-2H3/t10-,12?/m1/s1. The van der Waals surface area contributed by atoms with Gasteiger partial charge in [0.25, 0.3) is 0 Å². The third kappa shape index (κ3) is 2.26. The van der Waals surface area contributed by atoms with Gasteiger partial charge in [-0.1, -0.05) is 24.6 Å². The number of benzene rings is 1. The van der Waals surface area contributed by atoms with Gasteiger partial charge in [-0.3, -0.25) is 0 Å². The second-order valence-corrected chi connectivity index (χ2v) is 4.03. The summed E-state index contributed by atoms with van der Waals surface area (Å²) in [6, 6.07) is 8.07. The van der Waals surface area contributed by atoms with Crippen molar-refractivity contribution in [2.24, 2.45) is 5.92 Å². The number of rotatable bonds is 2. The Morgan fingerprint density at radius 1 is 1.29 bits per heavy atom. The molecule has 1 unspecified atom stereocenters. The molecule has 76 valence electrons. The molecule has 2 nitrogen and oxygen atoms in total. The summed E-state index contributed by atoms with van der Waals surface area (Å²) >= 11 is 0. The molecule has 0 bridgehead atoms. The van der Waals surface area contributed by atoms with Gasteiger partial charge in [-0.15, -0.1) is 0 Å². The fourth-order valence-electron chi connectivity index (χ4n) is 1.59. The van der Waals surface area contributed by atoms with Crippen LogP contribution in [0.3, 0.4) is 0 Å². The van der Waals surface area contributed by atoms with Crippen molar-refractivity contribution in [1.29, 1.82) is 0 Å². The predicted molar refractivity (Wildman–Crippen MR) is 55.3 cm³/mol. The fourth-order valence-corrected chi connectivity index (χ4v) is 1.59. The molecule has 1 saturated heterocycles. The minimum absolute atomic E-state index is 0.0484. The first-order chi connectivity index (χ1) is 6.74. The zero-order valence-electron chi connectivity index (χ0n) is 8.69. The average Bonchev–Trinajstić information content (AvgIpc) is 2.56. The molecule has 0 aromatic heterocycles. The Hall–Kier alpha value is -1.02. The van der Waals surface area contributed by atoms with Crippen molar-refractivity contribution >= 4 is 0 Å². The Kier molecular flexibility index (Phi) is 2.73. The van der Waals surface area contributed by atoms with Crippen LogP contribution in [-0.4, -0.2) is 12.9 Å². The Balaban J connectivity index is 1.94. The van der Waals surface area contributed by atoms with E-state index < -0.39 is 0 Å². The van der Waals surface area contributed by atoms with Crippen molar-refractivity contribution in [3.8, 4) is 5.75 Å². The third-order valence-electron chi connectivity index (χ3n) is 2.45. The van der Waals surface area contributed by atoms with Crippen molar-refractivity contribution in [3.63, 3.8) is 0 Å². The van der Waals surface area contributed by atoms with Crippen LogP contribution in [0.15, 0.2) is 24.3 Å². The SMILES string of the molecule is Cc1ccc(OC2C[C@@H](C)CO2)cc1. The first-order valence-electron chi connectivity index (χ1n) is 5.09. The monoisotopic (exact) mass is 192 g/mol. The van der Waals surface area contributed by atoms with E-state index in [-0.39, 0.29) is 6.29 Å². The van der Waals surface area contributed by atoms with Gasteiger partial charge in [-0.05, 0) is 25.0 Å². The molecule has 1 aromatic rings. The summed E-state index contributed by atoms with van der Waals surface area (Å²) in [5.41, 5.74) is 1.25. The van der Waals surface area contributed by atoms with Crippen LogP contribution < -0.4 is 4.74 Å². The van der Waals surface area contributed by atoms with Gasteiger partial charge in [0.05, 0.1) is 6.61 Å². The largest absolute Gasteiger partial charge is 0.465 e. The number of hydrogen-bond acceptors (Lipinski definition) is 2. The van der Waals surface area contributed by atoms with E-state index in [0.29, 0.717) is 5.92 Å². The molecule has 1 heterocycles. The van der Waals surface area contributed by atoms with Crippen molar-refractivity contribution in [3.05, 3.63) is 29.8 Å². The highest BCUT2D eigenvalue weighted by Crippen LogP contribution is 2.22. The summed E-state index contributed by atoms with van der Waals surface area (Å²) in [7, 11) is 0. The van der Waals surface area contributed by atoms with E-state index in [4.69, 9.17) is 9.47 Å². The van der Waals surface area contributed by atoms with Gasteiger partial charge >= 0.3 is 0 Å². The van der Waals surface area contributed by atoms with Crippen molar-refractivity contribution in [1.82, 2.24) is 0 Å². The maximum atomic E-state index is 5.68. The minimum Gasteiger partial charge on any atom is -0.465 e. The fraction of sp³-hybridized carbons (Fsp3) is 0.500. The molecular weight excluding hydrogens is 176 g/mol. The Morgan fingerprint density at radius 3 is 2.57 bits per heavy atom. The molecule has 1 aliphatic heterocycles. The third-order valence-corrected chi connectivity index (χ3v) is 2.45. The maximum Gasteiger partial charge on any atom is 0.200 e. The van der Waals surface area contributed by atoms with E-state index >= 15 is 0 Å². The molecule has 2 heteroatoms. The molecule has 0 radical (unpaired) electrons. The molecule has 0 spiro atoms. The lowest BCUT2D eigenvalue weighted by Crippen LogP contribution is -2.13. The van der Waals surface area contributed by atoms with Gasteiger partial charge in [0, 0.05) is 6.42 Å². The van der Waals surface area contributed by atoms with Crippen LogP contribution in [0.25, 0.3) is 0 Å². The number of aryl methyl sites for hydroxylation is 1. The molecule has 1 aromatic carbocycles. The molecule has 1 aliphatic rings. The van der Waals surface area contributed by atoms with Gasteiger partial charge in [-0.2, -0.15) is 0 Å². The summed E-state index contributed by atoms with van der Waals surface area (Å²) in [6.07, 6.45) is 0.946. The van der Waals surface area contributed by atoms with Crippen LogP contribution >= 0.6 is 0 Å². The molecule has 2 atom stereocenters. The number of ether oxygens (including phenoxy) is 2. The summed E-state index contributed by atoms with van der Waals surface area (Å²) in [6.45, 7) is 5.06. The predicted octanol–water partition coefficient (Wildman–Crippen LogP) is 2.76. The lowest BCUT2D eigenvalue weighted by molar-refractivity contribution is -0.0393. The van der Waals surface area contributed by atoms with E-state index in [1.165, 1.54) is 5.56 Å². The zero-order chi connectivity index (χ0) is 9.97. The van der Waals surface area contributed by atoms with Crippen LogP contribution in [0, 0.1) is 12.8 Å². The molecule has 14 heavy (non-hydrogen) atoms. The topological polar surface area (TPSA) is 18.5 Å². The Morgan fingerprint density at radius 2 is 2.00 bits per heavy atom. The molecule has 1 fully saturated rings. The Labute approximate surface area is 84.8 Å². The second kappa shape index (κ2) is 4.01. The minimum atomic E-state index is -0.0484. The first-order valence-corrected chi connectivity index (χ1v) is 5.09. The van der Waals surface area contributed by atoms with Crippen LogP contribution in [0.2, 0.25) is 0 Å². The number of hydrogen-bond donors (Lipinski definition) is 0. The van der Waals surface area contributed by atoms with Crippen LogP contribution in [-0.2, 0) is 4.74 Å².